The maximum absolute atomic E-state index is 12.3. The molecule has 0 spiro atoms. The minimum Gasteiger partial charge on any atom is -0.496 e. The summed E-state index contributed by atoms with van der Waals surface area (Å²) in [5.41, 5.74) is 2.60. The average molecular weight is 373 g/mol. The number of para-hydroxylation sites is 1. The van der Waals surface area contributed by atoms with Gasteiger partial charge in [0.2, 0.25) is 0 Å². The van der Waals surface area contributed by atoms with Gasteiger partial charge in [-0.2, -0.15) is 0 Å². The van der Waals surface area contributed by atoms with Crippen LogP contribution in [0, 0.1) is 5.92 Å². The van der Waals surface area contributed by atoms with Crippen LogP contribution in [0.2, 0.25) is 0 Å². The van der Waals surface area contributed by atoms with E-state index in [2.05, 4.69) is 12.2 Å². The Bertz CT molecular complexity index is 799. The predicted octanol–water partition coefficient (Wildman–Crippen LogP) is 3.35. The van der Waals surface area contributed by atoms with Gasteiger partial charge < -0.3 is 14.8 Å². The number of carbonyl (C=O) groups is 2. The van der Waals surface area contributed by atoms with Gasteiger partial charge in [0, 0.05) is 22.4 Å². The lowest BCUT2D eigenvalue weighted by Crippen LogP contribution is -2.28. The lowest BCUT2D eigenvalue weighted by atomic mass is 9.88. The molecule has 0 radical (unpaired) electrons. The third-order valence-electron chi connectivity index (χ3n) is 4.62. The first-order valence-corrected chi connectivity index (χ1v) is 9.61. The first kappa shape index (κ1) is 18.5. The van der Waals surface area contributed by atoms with Crippen LogP contribution in [0.1, 0.15) is 39.7 Å². The number of benzene rings is 1. The normalized spacial score (nSPS) is 15.8. The van der Waals surface area contributed by atoms with E-state index in [-0.39, 0.29) is 12.5 Å². The molecule has 1 aromatic heterocycles. The van der Waals surface area contributed by atoms with Gasteiger partial charge in [-0.1, -0.05) is 25.1 Å². The van der Waals surface area contributed by atoms with Crippen LogP contribution in [-0.2, 0) is 28.9 Å². The van der Waals surface area contributed by atoms with E-state index in [1.54, 1.807) is 18.4 Å². The molecule has 0 saturated carbocycles. The third kappa shape index (κ3) is 4.25. The van der Waals surface area contributed by atoms with Crippen molar-refractivity contribution in [1.82, 2.24) is 5.32 Å². The Hall–Kier alpha value is -2.34. The molecule has 1 aromatic carbocycles. The van der Waals surface area contributed by atoms with E-state index < -0.39 is 5.97 Å². The van der Waals surface area contributed by atoms with Crippen molar-refractivity contribution in [3.63, 3.8) is 0 Å². The first-order valence-electron chi connectivity index (χ1n) is 8.73. The van der Waals surface area contributed by atoms with E-state index in [1.165, 1.54) is 4.88 Å². The van der Waals surface area contributed by atoms with Crippen molar-refractivity contribution >= 4 is 23.2 Å². The first-order chi connectivity index (χ1) is 12.6. The summed E-state index contributed by atoms with van der Waals surface area (Å²) >= 11 is 1.61. The van der Waals surface area contributed by atoms with Gasteiger partial charge in [-0.05, 0) is 36.8 Å². The summed E-state index contributed by atoms with van der Waals surface area (Å²) in [7, 11) is 1.59. The van der Waals surface area contributed by atoms with Gasteiger partial charge in [0.25, 0.3) is 5.91 Å². The highest BCUT2D eigenvalue weighted by Gasteiger charge is 2.24. The van der Waals surface area contributed by atoms with E-state index in [4.69, 9.17) is 9.47 Å². The third-order valence-corrected chi connectivity index (χ3v) is 5.68. The van der Waals surface area contributed by atoms with Gasteiger partial charge in [-0.3, -0.25) is 4.79 Å². The topological polar surface area (TPSA) is 64.6 Å². The molecule has 0 bridgehead atoms. The number of hydrogen-bond acceptors (Lipinski definition) is 5. The molecule has 0 saturated heterocycles. The quantitative estimate of drug-likeness (QED) is 0.789. The summed E-state index contributed by atoms with van der Waals surface area (Å²) in [6.07, 6.45) is 3.01. The highest BCUT2D eigenvalue weighted by molar-refractivity contribution is 7.10. The molecule has 1 N–H and O–H groups in total. The van der Waals surface area contributed by atoms with Crippen LogP contribution in [0.15, 0.2) is 29.6 Å². The second-order valence-electron chi connectivity index (χ2n) is 6.56. The van der Waals surface area contributed by atoms with E-state index in [0.717, 1.165) is 30.4 Å². The number of rotatable bonds is 6. The average Bonchev–Trinajstić information content (AvgIpc) is 3.07. The maximum atomic E-state index is 12.3. The molecule has 138 valence electrons. The Labute approximate surface area is 157 Å². The zero-order valence-electron chi connectivity index (χ0n) is 15.0. The molecule has 1 amide bonds. The molecule has 0 fully saturated rings. The van der Waals surface area contributed by atoms with E-state index in [0.29, 0.717) is 23.8 Å². The fourth-order valence-corrected chi connectivity index (χ4v) is 4.38. The van der Waals surface area contributed by atoms with Crippen molar-refractivity contribution in [2.45, 2.75) is 32.7 Å². The monoisotopic (exact) mass is 373 g/mol. The van der Waals surface area contributed by atoms with E-state index in [9.17, 15) is 9.59 Å². The molecular formula is C20H23NO4S. The number of thiophene rings is 1. The van der Waals surface area contributed by atoms with E-state index >= 15 is 0 Å². The Morgan fingerprint density at radius 2 is 2.12 bits per heavy atom. The predicted molar refractivity (Wildman–Crippen MR) is 101 cm³/mol. The molecule has 26 heavy (non-hydrogen) atoms. The second kappa shape index (κ2) is 8.36. The van der Waals surface area contributed by atoms with Crippen LogP contribution in [0.4, 0.5) is 0 Å². The minimum absolute atomic E-state index is 0.283. The van der Waals surface area contributed by atoms with Gasteiger partial charge >= 0.3 is 5.97 Å². The van der Waals surface area contributed by atoms with Gasteiger partial charge in [0.05, 0.1) is 12.7 Å². The van der Waals surface area contributed by atoms with Crippen LogP contribution < -0.4 is 10.1 Å². The zero-order chi connectivity index (χ0) is 18.5. The summed E-state index contributed by atoms with van der Waals surface area (Å²) in [6, 6.07) is 7.46. The molecule has 0 aliphatic heterocycles. The number of carbonyl (C=O) groups excluding carboxylic acids is 2. The minimum atomic E-state index is -0.413. The maximum Gasteiger partial charge on any atom is 0.339 e. The highest BCUT2D eigenvalue weighted by Crippen LogP contribution is 2.33. The molecule has 1 heterocycles. The SMILES string of the molecule is COc1ccccc1CNC(=O)COC(=O)c1csc2c1CCC(C)C2. The van der Waals surface area contributed by atoms with Crippen molar-refractivity contribution in [2.75, 3.05) is 13.7 Å². The summed E-state index contributed by atoms with van der Waals surface area (Å²) in [6.45, 7) is 2.27. The molecule has 1 unspecified atom stereocenters. The van der Waals surface area contributed by atoms with Crippen molar-refractivity contribution in [1.29, 1.82) is 0 Å². The molecule has 3 rings (SSSR count). The Kier molecular flexibility index (Phi) is 5.93. The zero-order valence-corrected chi connectivity index (χ0v) is 15.9. The van der Waals surface area contributed by atoms with Crippen molar-refractivity contribution < 1.29 is 19.1 Å². The van der Waals surface area contributed by atoms with Crippen LogP contribution >= 0.6 is 11.3 Å². The number of amides is 1. The Balaban J connectivity index is 1.51. The van der Waals surface area contributed by atoms with Crippen molar-refractivity contribution in [2.24, 2.45) is 5.92 Å². The van der Waals surface area contributed by atoms with Crippen LogP contribution in [0.3, 0.4) is 0 Å². The van der Waals surface area contributed by atoms with Gasteiger partial charge in [0.1, 0.15) is 5.75 Å². The Morgan fingerprint density at radius 1 is 1.31 bits per heavy atom. The number of hydrogen-bond donors (Lipinski definition) is 1. The molecule has 1 aliphatic carbocycles. The van der Waals surface area contributed by atoms with Crippen LogP contribution in [0.5, 0.6) is 5.75 Å². The summed E-state index contributed by atoms with van der Waals surface area (Å²) < 4.78 is 10.5. The second-order valence-corrected chi connectivity index (χ2v) is 7.53. The molecule has 2 aromatic rings. The lowest BCUT2D eigenvalue weighted by molar-refractivity contribution is -0.124. The largest absolute Gasteiger partial charge is 0.496 e. The fourth-order valence-electron chi connectivity index (χ4n) is 3.15. The van der Waals surface area contributed by atoms with Crippen molar-refractivity contribution in [3.8, 4) is 5.75 Å². The number of nitrogens with one attached hydrogen (secondary N) is 1. The fraction of sp³-hybridized carbons (Fsp3) is 0.400. The standard InChI is InChI=1S/C20H23NO4S/c1-13-7-8-15-16(12-26-18(15)9-13)20(23)25-11-19(22)21-10-14-5-3-4-6-17(14)24-2/h3-6,12-13H,7-11H2,1-2H3,(H,21,22). The molecular weight excluding hydrogens is 350 g/mol. The van der Waals surface area contributed by atoms with Gasteiger partial charge in [-0.25, -0.2) is 4.79 Å². The Morgan fingerprint density at radius 3 is 2.92 bits per heavy atom. The molecule has 6 heteroatoms. The number of fused-ring (bicyclic) bond motifs is 1. The van der Waals surface area contributed by atoms with Crippen molar-refractivity contribution in [3.05, 3.63) is 51.2 Å². The lowest BCUT2D eigenvalue weighted by Gasteiger charge is -2.18. The molecule has 5 nitrogen and oxygen atoms in total. The highest BCUT2D eigenvalue weighted by atomic mass is 32.1. The van der Waals surface area contributed by atoms with Gasteiger partial charge in [-0.15, -0.1) is 11.3 Å². The molecule has 1 atom stereocenters. The molecule has 1 aliphatic rings. The van der Waals surface area contributed by atoms with Crippen LogP contribution in [0.25, 0.3) is 0 Å². The number of esters is 1. The smallest absolute Gasteiger partial charge is 0.339 e. The van der Waals surface area contributed by atoms with E-state index in [1.807, 2.05) is 29.6 Å². The van der Waals surface area contributed by atoms with Gasteiger partial charge in [0.15, 0.2) is 6.61 Å². The van der Waals surface area contributed by atoms with Crippen LogP contribution in [-0.4, -0.2) is 25.6 Å². The summed E-state index contributed by atoms with van der Waals surface area (Å²) in [4.78, 5) is 25.6. The number of ether oxygens (including phenoxy) is 2. The summed E-state index contributed by atoms with van der Waals surface area (Å²) in [5.74, 6) is 0.626. The number of methoxy groups -OCH3 is 1. The summed E-state index contributed by atoms with van der Waals surface area (Å²) in [5, 5.41) is 4.61.